The summed E-state index contributed by atoms with van der Waals surface area (Å²) in [6, 6.07) is -0.852. The molecule has 0 heterocycles. The average Bonchev–Trinajstić information content (AvgIpc) is 3.19. The Morgan fingerprint density at radius 2 is 1.02 bits per heavy atom. The number of allylic oxidation sites excluding steroid dienone is 11. The molecule has 8 nitrogen and oxygen atoms in total. The van der Waals surface area contributed by atoms with Crippen LogP contribution in [0.5, 0.6) is 0 Å². The molecule has 0 rings (SSSR count). The summed E-state index contributed by atoms with van der Waals surface area (Å²) in [7, 11) is 1.56. The Balaban J connectivity index is 4.29. The van der Waals surface area contributed by atoms with Crippen LogP contribution in [0.1, 0.15) is 187 Å². The lowest BCUT2D eigenvalue weighted by Gasteiger charge is -2.25. The summed E-state index contributed by atoms with van der Waals surface area (Å²) in [4.78, 5) is 23.1. The van der Waals surface area contributed by atoms with Crippen LogP contribution >= 0.6 is 7.82 Å². The number of hydrogen-bond acceptors (Lipinski definition) is 5. The maximum Gasteiger partial charge on any atom is 0.472 e. The van der Waals surface area contributed by atoms with Crippen molar-refractivity contribution in [2.75, 3.05) is 40.9 Å². The van der Waals surface area contributed by atoms with Gasteiger partial charge in [0.05, 0.1) is 39.9 Å². The third-order valence-electron chi connectivity index (χ3n) is 10.2. The van der Waals surface area contributed by atoms with Gasteiger partial charge in [-0.2, -0.15) is 0 Å². The summed E-state index contributed by atoms with van der Waals surface area (Å²) in [5.41, 5.74) is 0. The number of carbonyl (C=O) groups is 1. The third kappa shape index (κ3) is 43.8. The number of quaternary nitrogens is 1. The first-order chi connectivity index (χ1) is 28.5. The molecule has 0 bridgehead atoms. The van der Waals surface area contributed by atoms with E-state index in [1.54, 1.807) is 6.08 Å². The number of aliphatic hydroxyl groups excluding tert-OH is 1. The lowest BCUT2D eigenvalue weighted by molar-refractivity contribution is -0.870. The SMILES string of the molecule is CC/C=C\C/C=C\C/C=C\C/C=C\C/C=C\CCCCCCCCCCCC(=O)NC(COP(=O)(O)OCC[N+](C)(C)C)C(O)/C=C/CCCCCCCCCCCC. The second-order valence-electron chi connectivity index (χ2n) is 17.1. The number of likely N-dealkylation sites (N-methyl/N-ethyl adjacent to an activating group) is 1. The van der Waals surface area contributed by atoms with Crippen LogP contribution in [0.4, 0.5) is 0 Å². The van der Waals surface area contributed by atoms with Crippen molar-refractivity contribution < 1.29 is 32.9 Å². The Morgan fingerprint density at radius 3 is 1.49 bits per heavy atom. The number of phosphoric ester groups is 1. The van der Waals surface area contributed by atoms with Crippen molar-refractivity contribution in [3.63, 3.8) is 0 Å². The molecule has 1 amide bonds. The lowest BCUT2D eigenvalue weighted by Crippen LogP contribution is -2.45. The summed E-state index contributed by atoms with van der Waals surface area (Å²) in [5, 5.41) is 13.8. The monoisotopic (exact) mass is 848 g/mol. The molecule has 0 aliphatic heterocycles. The number of amides is 1. The fourth-order valence-electron chi connectivity index (χ4n) is 6.42. The van der Waals surface area contributed by atoms with Gasteiger partial charge in [-0.3, -0.25) is 13.8 Å². The number of rotatable bonds is 42. The van der Waals surface area contributed by atoms with E-state index < -0.39 is 20.0 Å². The van der Waals surface area contributed by atoms with E-state index in [1.807, 2.05) is 27.2 Å². The van der Waals surface area contributed by atoms with Gasteiger partial charge in [-0.05, 0) is 64.2 Å². The number of hydrogen-bond donors (Lipinski definition) is 3. The summed E-state index contributed by atoms with van der Waals surface area (Å²) in [6.45, 7) is 4.67. The Bertz CT molecular complexity index is 1190. The highest BCUT2D eigenvalue weighted by Gasteiger charge is 2.27. The van der Waals surface area contributed by atoms with Crippen LogP contribution in [0.15, 0.2) is 72.9 Å². The van der Waals surface area contributed by atoms with E-state index in [1.165, 1.54) is 89.9 Å². The summed E-state index contributed by atoms with van der Waals surface area (Å²) < 4.78 is 23.6. The van der Waals surface area contributed by atoms with Crippen molar-refractivity contribution in [2.45, 2.75) is 199 Å². The standard InChI is InChI=1S/C50H91N2O6P/c1-6-8-10-12-14-16-18-20-21-22-23-24-25-26-27-28-29-30-31-32-34-36-38-40-42-44-50(54)51-48(47-58-59(55,56)57-46-45-52(3,4)5)49(53)43-41-39-37-35-33-19-17-15-13-11-9-7-2/h8,10,14,16,20-21,23-24,26-27,41,43,48-49,53H,6-7,9,11-13,15,17-19,22,25,28-40,42,44-47H2,1-5H3,(H-,51,54,55,56)/p+1/b10-8-,16-14-,21-20-,24-23-,27-26-,43-41+. The van der Waals surface area contributed by atoms with Gasteiger partial charge in [-0.15, -0.1) is 0 Å². The van der Waals surface area contributed by atoms with Gasteiger partial charge in [0.25, 0.3) is 0 Å². The van der Waals surface area contributed by atoms with E-state index in [0.29, 0.717) is 17.4 Å². The van der Waals surface area contributed by atoms with Crippen molar-refractivity contribution >= 4 is 13.7 Å². The first-order valence-corrected chi connectivity index (χ1v) is 25.3. The number of unbranched alkanes of at least 4 members (excludes halogenated alkanes) is 19. The average molecular weight is 848 g/mol. The van der Waals surface area contributed by atoms with E-state index in [4.69, 9.17) is 9.05 Å². The summed E-state index contributed by atoms with van der Waals surface area (Å²) in [5.74, 6) is -0.188. The number of nitrogens with zero attached hydrogens (tertiary/aromatic N) is 1. The van der Waals surface area contributed by atoms with Crippen LogP contribution in [-0.4, -0.2) is 73.4 Å². The second-order valence-corrected chi connectivity index (χ2v) is 18.6. The zero-order chi connectivity index (χ0) is 43.6. The first-order valence-electron chi connectivity index (χ1n) is 23.8. The van der Waals surface area contributed by atoms with Crippen LogP contribution in [0, 0.1) is 0 Å². The van der Waals surface area contributed by atoms with E-state index in [2.05, 4.69) is 79.9 Å². The normalized spacial score (nSPS) is 14.9. The Labute approximate surface area is 364 Å². The molecule has 0 aliphatic carbocycles. The van der Waals surface area contributed by atoms with E-state index in [-0.39, 0.29) is 19.1 Å². The number of phosphoric acid groups is 1. The molecule has 0 aromatic heterocycles. The lowest BCUT2D eigenvalue weighted by atomic mass is 10.0. The number of nitrogens with one attached hydrogen (secondary N) is 1. The van der Waals surface area contributed by atoms with Crippen LogP contribution in [0.2, 0.25) is 0 Å². The van der Waals surface area contributed by atoms with Crippen molar-refractivity contribution in [1.82, 2.24) is 5.32 Å². The first kappa shape index (κ1) is 56.9. The van der Waals surface area contributed by atoms with Gasteiger partial charge < -0.3 is 19.8 Å². The predicted octanol–water partition coefficient (Wildman–Crippen LogP) is 13.6. The molecule has 3 N–H and O–H groups in total. The summed E-state index contributed by atoms with van der Waals surface area (Å²) >= 11 is 0. The number of aliphatic hydroxyl groups is 1. The molecule has 0 fully saturated rings. The van der Waals surface area contributed by atoms with Gasteiger partial charge in [0.15, 0.2) is 0 Å². The summed E-state index contributed by atoms with van der Waals surface area (Å²) in [6.07, 6.45) is 55.4. The third-order valence-corrected chi connectivity index (χ3v) is 11.2. The van der Waals surface area contributed by atoms with Crippen LogP contribution < -0.4 is 5.32 Å². The topological polar surface area (TPSA) is 105 Å². The Morgan fingerprint density at radius 1 is 0.593 bits per heavy atom. The molecule has 9 heteroatoms. The van der Waals surface area contributed by atoms with Crippen molar-refractivity contribution in [2.24, 2.45) is 0 Å². The van der Waals surface area contributed by atoms with Gasteiger partial charge in [0.2, 0.25) is 5.91 Å². The molecule has 0 saturated carbocycles. The fourth-order valence-corrected chi connectivity index (χ4v) is 7.16. The second kappa shape index (κ2) is 41.3. The Kier molecular flexibility index (Phi) is 39.9. The van der Waals surface area contributed by atoms with Crippen molar-refractivity contribution in [1.29, 1.82) is 0 Å². The van der Waals surface area contributed by atoms with Gasteiger partial charge >= 0.3 is 7.82 Å². The molecule has 0 saturated heterocycles. The highest BCUT2D eigenvalue weighted by Crippen LogP contribution is 2.43. The molecular weight excluding hydrogens is 756 g/mol. The van der Waals surface area contributed by atoms with E-state index in [9.17, 15) is 19.4 Å². The molecule has 0 aromatic rings. The Hall–Kier alpha value is -2.06. The predicted molar refractivity (Wildman–Crippen MR) is 253 cm³/mol. The maximum atomic E-state index is 12.9. The molecule has 0 aromatic carbocycles. The number of carbonyl (C=O) groups excluding carboxylic acids is 1. The van der Waals surface area contributed by atoms with Crippen LogP contribution in [0.25, 0.3) is 0 Å². The molecular formula is C50H92N2O6P+. The highest BCUT2D eigenvalue weighted by molar-refractivity contribution is 7.47. The molecule has 0 aliphatic rings. The zero-order valence-electron chi connectivity index (χ0n) is 38.7. The van der Waals surface area contributed by atoms with Crippen molar-refractivity contribution in [3.8, 4) is 0 Å². The molecule has 3 unspecified atom stereocenters. The van der Waals surface area contributed by atoms with Crippen LogP contribution in [0.3, 0.4) is 0 Å². The molecule has 0 spiro atoms. The molecule has 0 radical (unpaired) electrons. The fraction of sp³-hybridized carbons (Fsp3) is 0.740. The molecule has 342 valence electrons. The van der Waals surface area contributed by atoms with Gasteiger partial charge in [0.1, 0.15) is 13.2 Å². The largest absolute Gasteiger partial charge is 0.472 e. The zero-order valence-corrected chi connectivity index (χ0v) is 39.6. The smallest absolute Gasteiger partial charge is 0.387 e. The molecule has 59 heavy (non-hydrogen) atoms. The maximum absolute atomic E-state index is 12.9. The minimum atomic E-state index is -4.34. The van der Waals surface area contributed by atoms with E-state index >= 15 is 0 Å². The van der Waals surface area contributed by atoms with Gasteiger partial charge in [0, 0.05) is 6.42 Å². The van der Waals surface area contributed by atoms with Gasteiger partial charge in [-0.25, -0.2) is 4.57 Å². The molecule has 3 atom stereocenters. The minimum absolute atomic E-state index is 0.0570. The van der Waals surface area contributed by atoms with Crippen molar-refractivity contribution in [3.05, 3.63) is 72.9 Å². The van der Waals surface area contributed by atoms with Crippen LogP contribution in [-0.2, 0) is 18.4 Å². The highest BCUT2D eigenvalue weighted by atomic mass is 31.2. The van der Waals surface area contributed by atoms with Gasteiger partial charge in [-0.1, -0.05) is 189 Å². The minimum Gasteiger partial charge on any atom is -0.387 e. The van der Waals surface area contributed by atoms with E-state index in [0.717, 1.165) is 77.0 Å². The quantitative estimate of drug-likeness (QED) is 0.0245.